The summed E-state index contributed by atoms with van der Waals surface area (Å²) in [6, 6.07) is 0.810. The fourth-order valence-electron chi connectivity index (χ4n) is 1.77. The molecule has 1 N–H and O–H groups in total. The molecular weight excluding hydrogens is 212 g/mol. The maximum absolute atomic E-state index is 12.1. The first kappa shape index (κ1) is 16.4. The summed E-state index contributed by atoms with van der Waals surface area (Å²) in [4.78, 5) is 14.1. The maximum Gasteiger partial charge on any atom is 0.222 e. The molecule has 17 heavy (non-hydrogen) atoms. The quantitative estimate of drug-likeness (QED) is 0.664. The van der Waals surface area contributed by atoms with Crippen LogP contribution in [0.25, 0.3) is 0 Å². The van der Waals surface area contributed by atoms with E-state index in [4.69, 9.17) is 0 Å². The summed E-state index contributed by atoms with van der Waals surface area (Å²) in [5, 5.41) is 3.34. The second kappa shape index (κ2) is 8.51. The molecule has 3 nitrogen and oxygen atoms in total. The van der Waals surface area contributed by atoms with Crippen LogP contribution in [0.5, 0.6) is 0 Å². The Morgan fingerprint density at radius 3 is 2.12 bits per heavy atom. The topological polar surface area (TPSA) is 32.3 Å². The lowest BCUT2D eigenvalue weighted by atomic mass is 10.1. The van der Waals surface area contributed by atoms with Crippen LogP contribution in [0, 0.1) is 5.92 Å². The summed E-state index contributed by atoms with van der Waals surface area (Å²) in [6.07, 6.45) is 1.59. The number of amides is 1. The van der Waals surface area contributed by atoms with Crippen LogP contribution in [-0.4, -0.2) is 36.0 Å². The van der Waals surface area contributed by atoms with Gasteiger partial charge in [-0.25, -0.2) is 0 Å². The van der Waals surface area contributed by atoms with E-state index in [1.54, 1.807) is 0 Å². The Morgan fingerprint density at radius 1 is 1.12 bits per heavy atom. The lowest BCUT2D eigenvalue weighted by Gasteiger charge is -2.28. The standard InChI is InChI=1S/C14H30N2O/c1-11(2)10-16(13(5)6)14(17)8-7-9-15-12(3)4/h11-13,15H,7-10H2,1-6H3. The highest BCUT2D eigenvalue weighted by Crippen LogP contribution is 2.07. The predicted molar refractivity (Wildman–Crippen MR) is 74.1 cm³/mol. The third-order valence-corrected chi connectivity index (χ3v) is 2.63. The number of rotatable bonds is 8. The highest BCUT2D eigenvalue weighted by atomic mass is 16.2. The van der Waals surface area contributed by atoms with Crippen molar-refractivity contribution in [3.63, 3.8) is 0 Å². The summed E-state index contributed by atoms with van der Waals surface area (Å²) >= 11 is 0. The SMILES string of the molecule is CC(C)CN(C(=O)CCCNC(C)C)C(C)C. The van der Waals surface area contributed by atoms with E-state index in [1.807, 2.05) is 4.90 Å². The average molecular weight is 242 g/mol. The van der Waals surface area contributed by atoms with E-state index < -0.39 is 0 Å². The van der Waals surface area contributed by atoms with Crippen LogP contribution in [0.2, 0.25) is 0 Å². The van der Waals surface area contributed by atoms with Gasteiger partial charge < -0.3 is 10.2 Å². The molecule has 0 atom stereocenters. The summed E-state index contributed by atoms with van der Waals surface area (Å²) in [6.45, 7) is 14.5. The molecule has 0 saturated heterocycles. The summed E-state index contributed by atoms with van der Waals surface area (Å²) in [5.74, 6) is 0.828. The van der Waals surface area contributed by atoms with Crippen molar-refractivity contribution >= 4 is 5.91 Å². The first-order chi connectivity index (χ1) is 7.84. The number of hydrogen-bond donors (Lipinski definition) is 1. The normalized spacial score (nSPS) is 11.6. The van der Waals surface area contributed by atoms with Gasteiger partial charge in [0.2, 0.25) is 5.91 Å². The zero-order chi connectivity index (χ0) is 13.4. The van der Waals surface area contributed by atoms with Gasteiger partial charge in [-0.05, 0) is 32.7 Å². The Labute approximate surface area is 107 Å². The first-order valence-corrected chi connectivity index (χ1v) is 6.87. The molecule has 3 heteroatoms. The Bertz CT molecular complexity index is 212. The Kier molecular flexibility index (Phi) is 8.23. The zero-order valence-corrected chi connectivity index (χ0v) is 12.4. The molecule has 0 aromatic rings. The van der Waals surface area contributed by atoms with Crippen LogP contribution in [0.1, 0.15) is 54.4 Å². The van der Waals surface area contributed by atoms with E-state index in [1.165, 1.54) is 0 Å². The average Bonchev–Trinajstić information content (AvgIpc) is 2.19. The molecule has 0 spiro atoms. The van der Waals surface area contributed by atoms with Gasteiger partial charge in [-0.1, -0.05) is 27.7 Å². The molecule has 0 aromatic heterocycles. The van der Waals surface area contributed by atoms with Gasteiger partial charge in [-0.3, -0.25) is 4.79 Å². The smallest absolute Gasteiger partial charge is 0.222 e. The maximum atomic E-state index is 12.1. The van der Waals surface area contributed by atoms with Crippen LogP contribution in [0.4, 0.5) is 0 Å². The summed E-state index contributed by atoms with van der Waals surface area (Å²) in [5.41, 5.74) is 0. The summed E-state index contributed by atoms with van der Waals surface area (Å²) in [7, 11) is 0. The van der Waals surface area contributed by atoms with Crippen molar-refractivity contribution in [2.75, 3.05) is 13.1 Å². The van der Waals surface area contributed by atoms with Crippen molar-refractivity contribution in [3.8, 4) is 0 Å². The Morgan fingerprint density at radius 2 is 1.71 bits per heavy atom. The fourth-order valence-corrected chi connectivity index (χ4v) is 1.77. The molecule has 1 amide bonds. The van der Waals surface area contributed by atoms with Gasteiger partial charge >= 0.3 is 0 Å². The highest BCUT2D eigenvalue weighted by Gasteiger charge is 2.17. The van der Waals surface area contributed by atoms with E-state index >= 15 is 0 Å². The third-order valence-electron chi connectivity index (χ3n) is 2.63. The molecule has 0 aliphatic heterocycles. The number of hydrogen-bond acceptors (Lipinski definition) is 2. The molecule has 0 fully saturated rings. The highest BCUT2D eigenvalue weighted by molar-refractivity contribution is 5.76. The van der Waals surface area contributed by atoms with Crippen molar-refractivity contribution in [1.82, 2.24) is 10.2 Å². The van der Waals surface area contributed by atoms with E-state index in [9.17, 15) is 4.79 Å². The van der Waals surface area contributed by atoms with E-state index in [2.05, 4.69) is 46.9 Å². The minimum absolute atomic E-state index is 0.291. The van der Waals surface area contributed by atoms with Gasteiger partial charge in [0.05, 0.1) is 0 Å². The van der Waals surface area contributed by atoms with Gasteiger partial charge in [0, 0.05) is 25.0 Å². The Hall–Kier alpha value is -0.570. The number of nitrogens with one attached hydrogen (secondary N) is 1. The molecule has 0 heterocycles. The van der Waals surface area contributed by atoms with Crippen molar-refractivity contribution in [1.29, 1.82) is 0 Å². The van der Waals surface area contributed by atoms with Gasteiger partial charge in [0.25, 0.3) is 0 Å². The van der Waals surface area contributed by atoms with Crippen molar-refractivity contribution < 1.29 is 4.79 Å². The van der Waals surface area contributed by atoms with E-state index in [0.29, 0.717) is 30.3 Å². The molecule has 0 radical (unpaired) electrons. The molecule has 0 saturated carbocycles. The van der Waals surface area contributed by atoms with Gasteiger partial charge in [0.1, 0.15) is 0 Å². The number of carbonyl (C=O) groups excluding carboxylic acids is 1. The van der Waals surface area contributed by atoms with Crippen molar-refractivity contribution in [3.05, 3.63) is 0 Å². The minimum atomic E-state index is 0.291. The molecule has 0 rings (SSSR count). The number of carbonyl (C=O) groups is 1. The molecule has 0 unspecified atom stereocenters. The predicted octanol–water partition coefficient (Wildman–Crippen LogP) is 2.66. The molecule has 102 valence electrons. The van der Waals surface area contributed by atoms with Crippen molar-refractivity contribution in [2.45, 2.75) is 66.5 Å². The largest absolute Gasteiger partial charge is 0.340 e. The monoisotopic (exact) mass is 242 g/mol. The second-order valence-corrected chi connectivity index (χ2v) is 5.75. The van der Waals surface area contributed by atoms with Gasteiger partial charge in [-0.2, -0.15) is 0 Å². The van der Waals surface area contributed by atoms with Gasteiger partial charge in [0.15, 0.2) is 0 Å². The van der Waals surface area contributed by atoms with Crippen molar-refractivity contribution in [2.24, 2.45) is 5.92 Å². The Balaban J connectivity index is 3.98. The zero-order valence-electron chi connectivity index (χ0n) is 12.4. The molecule has 0 aliphatic rings. The van der Waals surface area contributed by atoms with Crippen LogP contribution in [-0.2, 0) is 4.79 Å². The third kappa shape index (κ3) is 8.19. The summed E-state index contributed by atoms with van der Waals surface area (Å²) < 4.78 is 0. The first-order valence-electron chi connectivity index (χ1n) is 6.87. The van der Waals surface area contributed by atoms with Crippen LogP contribution in [0.15, 0.2) is 0 Å². The lowest BCUT2D eigenvalue weighted by molar-refractivity contribution is -0.133. The van der Waals surface area contributed by atoms with Crippen LogP contribution in [0.3, 0.4) is 0 Å². The van der Waals surface area contributed by atoms with E-state index in [0.717, 1.165) is 19.5 Å². The lowest BCUT2D eigenvalue weighted by Crippen LogP contribution is -2.39. The minimum Gasteiger partial charge on any atom is -0.340 e. The van der Waals surface area contributed by atoms with Crippen LogP contribution < -0.4 is 5.32 Å². The van der Waals surface area contributed by atoms with Gasteiger partial charge in [-0.15, -0.1) is 0 Å². The number of nitrogens with zero attached hydrogens (tertiary/aromatic N) is 1. The molecule has 0 aliphatic carbocycles. The van der Waals surface area contributed by atoms with E-state index in [-0.39, 0.29) is 0 Å². The molecular formula is C14H30N2O. The second-order valence-electron chi connectivity index (χ2n) is 5.75. The fraction of sp³-hybridized carbons (Fsp3) is 0.929. The molecule has 0 aromatic carbocycles. The van der Waals surface area contributed by atoms with Crippen LogP contribution >= 0.6 is 0 Å². The molecule has 0 bridgehead atoms.